The Kier molecular flexibility index (Phi) is 4.56. The summed E-state index contributed by atoms with van der Waals surface area (Å²) in [5, 5.41) is 29.8. The fraction of sp³-hybridized carbons (Fsp3) is 0.167. The number of anilines is 1. The van der Waals surface area contributed by atoms with E-state index in [4.69, 9.17) is 0 Å². The predicted octanol–water partition coefficient (Wildman–Crippen LogP) is 3.54. The third-order valence-corrected chi connectivity index (χ3v) is 4.17. The molecule has 3 N–H and O–H groups in total. The van der Waals surface area contributed by atoms with Gasteiger partial charge in [-0.2, -0.15) is 13.2 Å². The van der Waals surface area contributed by atoms with Crippen LogP contribution in [0.25, 0.3) is 5.76 Å². The molecule has 0 radical (unpaired) electrons. The molecule has 27 heavy (non-hydrogen) atoms. The maximum absolute atomic E-state index is 13.4. The Hall–Kier alpha value is -3.07. The second kappa shape index (κ2) is 6.58. The lowest BCUT2D eigenvalue weighted by atomic mass is 9.96. The minimum Gasteiger partial charge on any atom is -0.506 e. The summed E-state index contributed by atoms with van der Waals surface area (Å²) in [6, 6.07) is 7.46. The highest BCUT2D eigenvalue weighted by atomic mass is 19.4. The molecule has 3 rings (SSSR count). The summed E-state index contributed by atoms with van der Waals surface area (Å²) in [6.45, 7) is -0.280. The van der Waals surface area contributed by atoms with Crippen LogP contribution in [0.1, 0.15) is 16.7 Å². The van der Waals surface area contributed by atoms with Crippen LogP contribution < -0.4 is 4.90 Å². The molecule has 2 aromatic carbocycles. The van der Waals surface area contributed by atoms with Crippen molar-refractivity contribution in [2.45, 2.75) is 18.9 Å². The van der Waals surface area contributed by atoms with Crippen molar-refractivity contribution in [2.75, 3.05) is 4.90 Å². The normalized spacial score (nSPS) is 17.1. The SMILES string of the molecule is O=C(O)C1=C(O)c2ccc(C(F)(F)F)cc2N(Cc2cccc(F)c2)C1O. The second-order valence-electron chi connectivity index (χ2n) is 5.93. The summed E-state index contributed by atoms with van der Waals surface area (Å²) in [4.78, 5) is 12.4. The second-order valence-corrected chi connectivity index (χ2v) is 5.93. The van der Waals surface area contributed by atoms with E-state index in [1.165, 1.54) is 18.2 Å². The molecule has 0 amide bonds. The quantitative estimate of drug-likeness (QED) is 0.707. The van der Waals surface area contributed by atoms with E-state index in [1.54, 1.807) is 0 Å². The average Bonchev–Trinajstić information content (AvgIpc) is 2.57. The van der Waals surface area contributed by atoms with E-state index in [-0.39, 0.29) is 17.8 Å². The zero-order valence-corrected chi connectivity index (χ0v) is 13.5. The van der Waals surface area contributed by atoms with Crippen LogP contribution in [0.5, 0.6) is 0 Å². The van der Waals surface area contributed by atoms with Gasteiger partial charge in [0, 0.05) is 12.1 Å². The van der Waals surface area contributed by atoms with Crippen molar-refractivity contribution in [1.82, 2.24) is 0 Å². The average molecular weight is 383 g/mol. The van der Waals surface area contributed by atoms with Crippen LogP contribution in [0.15, 0.2) is 48.0 Å². The summed E-state index contributed by atoms with van der Waals surface area (Å²) >= 11 is 0. The lowest BCUT2D eigenvalue weighted by Gasteiger charge is -2.36. The van der Waals surface area contributed by atoms with Crippen LogP contribution in [-0.2, 0) is 17.5 Å². The lowest BCUT2D eigenvalue weighted by Crippen LogP contribution is -2.42. The molecule has 1 aliphatic heterocycles. The van der Waals surface area contributed by atoms with Gasteiger partial charge in [0.1, 0.15) is 17.1 Å². The third-order valence-electron chi connectivity index (χ3n) is 4.17. The van der Waals surface area contributed by atoms with E-state index in [0.29, 0.717) is 17.7 Å². The molecule has 0 fully saturated rings. The van der Waals surface area contributed by atoms with E-state index >= 15 is 0 Å². The van der Waals surface area contributed by atoms with Crippen molar-refractivity contribution >= 4 is 17.4 Å². The molecule has 0 bridgehead atoms. The number of aliphatic carboxylic acids is 1. The number of carbonyl (C=O) groups is 1. The number of hydrogen-bond acceptors (Lipinski definition) is 4. The van der Waals surface area contributed by atoms with Gasteiger partial charge in [-0.15, -0.1) is 0 Å². The Balaban J connectivity index is 2.17. The molecule has 1 aliphatic rings. The first-order chi connectivity index (χ1) is 12.6. The Morgan fingerprint density at radius 3 is 2.44 bits per heavy atom. The van der Waals surface area contributed by atoms with Crippen molar-refractivity contribution in [2.24, 2.45) is 0 Å². The van der Waals surface area contributed by atoms with Gasteiger partial charge in [-0.1, -0.05) is 12.1 Å². The zero-order chi connectivity index (χ0) is 19.9. The first-order valence-electron chi connectivity index (χ1n) is 7.67. The number of aliphatic hydroxyl groups is 2. The Bertz CT molecular complexity index is 939. The highest BCUT2D eigenvalue weighted by Crippen LogP contribution is 2.41. The highest BCUT2D eigenvalue weighted by Gasteiger charge is 2.38. The number of fused-ring (bicyclic) bond motifs is 1. The van der Waals surface area contributed by atoms with Gasteiger partial charge >= 0.3 is 12.1 Å². The lowest BCUT2D eigenvalue weighted by molar-refractivity contribution is -0.137. The van der Waals surface area contributed by atoms with Crippen LogP contribution >= 0.6 is 0 Å². The minimum atomic E-state index is -4.68. The largest absolute Gasteiger partial charge is 0.506 e. The number of halogens is 4. The van der Waals surface area contributed by atoms with Crippen molar-refractivity contribution in [3.63, 3.8) is 0 Å². The molecule has 1 heterocycles. The van der Waals surface area contributed by atoms with Crippen LogP contribution in [0, 0.1) is 5.82 Å². The summed E-state index contributed by atoms with van der Waals surface area (Å²) in [7, 11) is 0. The summed E-state index contributed by atoms with van der Waals surface area (Å²) in [5.74, 6) is -3.05. The maximum Gasteiger partial charge on any atom is 0.416 e. The molecular weight excluding hydrogens is 370 g/mol. The van der Waals surface area contributed by atoms with Crippen LogP contribution in [0.3, 0.4) is 0 Å². The predicted molar refractivity (Wildman–Crippen MR) is 87.2 cm³/mol. The molecule has 0 saturated carbocycles. The smallest absolute Gasteiger partial charge is 0.416 e. The molecule has 1 unspecified atom stereocenters. The number of nitrogens with zero attached hydrogens (tertiary/aromatic N) is 1. The number of carboxylic acid groups (broad SMARTS) is 1. The molecule has 0 spiro atoms. The Morgan fingerprint density at radius 1 is 1.15 bits per heavy atom. The number of benzene rings is 2. The fourth-order valence-electron chi connectivity index (χ4n) is 2.92. The van der Waals surface area contributed by atoms with E-state index < -0.39 is 41.1 Å². The van der Waals surface area contributed by atoms with Gasteiger partial charge in [-0.25, -0.2) is 9.18 Å². The van der Waals surface area contributed by atoms with Gasteiger partial charge in [0.25, 0.3) is 0 Å². The fourth-order valence-corrected chi connectivity index (χ4v) is 2.92. The molecule has 9 heteroatoms. The van der Waals surface area contributed by atoms with Crippen molar-refractivity contribution in [3.05, 3.63) is 70.5 Å². The molecule has 2 aromatic rings. The van der Waals surface area contributed by atoms with Gasteiger partial charge in [-0.05, 0) is 35.9 Å². The van der Waals surface area contributed by atoms with Gasteiger partial charge in [0.15, 0.2) is 6.23 Å². The van der Waals surface area contributed by atoms with E-state index in [9.17, 15) is 37.7 Å². The number of hydrogen-bond donors (Lipinski definition) is 3. The maximum atomic E-state index is 13.4. The minimum absolute atomic E-state index is 0.179. The molecule has 0 aromatic heterocycles. The van der Waals surface area contributed by atoms with Crippen molar-refractivity contribution in [3.8, 4) is 0 Å². The van der Waals surface area contributed by atoms with Gasteiger partial charge in [0.05, 0.1) is 11.3 Å². The zero-order valence-electron chi connectivity index (χ0n) is 13.5. The number of carboxylic acids is 1. The molecule has 5 nitrogen and oxygen atoms in total. The number of aliphatic hydroxyl groups excluding tert-OH is 2. The van der Waals surface area contributed by atoms with Gasteiger partial charge in [0.2, 0.25) is 0 Å². The monoisotopic (exact) mass is 383 g/mol. The molecule has 1 atom stereocenters. The molecule has 0 aliphatic carbocycles. The van der Waals surface area contributed by atoms with Crippen molar-refractivity contribution in [1.29, 1.82) is 0 Å². The summed E-state index contributed by atoms with van der Waals surface area (Å²) < 4.78 is 52.6. The van der Waals surface area contributed by atoms with E-state index in [0.717, 1.165) is 17.0 Å². The highest BCUT2D eigenvalue weighted by molar-refractivity contribution is 5.99. The standard InChI is InChI=1S/C18H13F4NO4/c19-11-3-1-2-9(6-11)8-23-13-7-10(18(20,21)22)4-5-12(13)15(24)14(16(23)25)17(26)27/h1-7,16,24-25H,8H2,(H,26,27). The molecule has 0 saturated heterocycles. The van der Waals surface area contributed by atoms with Gasteiger partial charge < -0.3 is 20.2 Å². The topological polar surface area (TPSA) is 81.0 Å². The van der Waals surface area contributed by atoms with Crippen LogP contribution in [0.4, 0.5) is 23.2 Å². The first kappa shape index (κ1) is 18.7. The van der Waals surface area contributed by atoms with E-state index in [2.05, 4.69) is 0 Å². The van der Waals surface area contributed by atoms with Crippen LogP contribution in [-0.4, -0.2) is 27.5 Å². The third kappa shape index (κ3) is 3.45. The van der Waals surface area contributed by atoms with Crippen molar-refractivity contribution < 1.29 is 37.7 Å². The Labute approximate surface area is 150 Å². The van der Waals surface area contributed by atoms with E-state index in [1.807, 2.05) is 0 Å². The number of rotatable bonds is 3. The van der Waals surface area contributed by atoms with Gasteiger partial charge in [-0.3, -0.25) is 0 Å². The number of alkyl halides is 3. The first-order valence-corrected chi connectivity index (χ1v) is 7.67. The summed E-state index contributed by atoms with van der Waals surface area (Å²) in [6.07, 6.45) is -6.61. The Morgan fingerprint density at radius 2 is 1.85 bits per heavy atom. The summed E-state index contributed by atoms with van der Waals surface area (Å²) in [5.41, 5.74) is -1.92. The van der Waals surface area contributed by atoms with Crippen LogP contribution in [0.2, 0.25) is 0 Å². The molecule has 142 valence electrons. The molecular formula is C18H13F4NO4.